The van der Waals surface area contributed by atoms with E-state index in [1.165, 1.54) is 0 Å². The zero-order chi connectivity index (χ0) is 16.0. The Balaban J connectivity index is 3.17. The molecule has 0 spiro atoms. The molecule has 0 aromatic heterocycles. The Morgan fingerprint density at radius 1 is 0.762 bits per heavy atom. The molecule has 0 atom stereocenters. The summed E-state index contributed by atoms with van der Waals surface area (Å²) in [7, 11) is 0. The van der Waals surface area contributed by atoms with Crippen molar-refractivity contribution < 1.29 is 28.5 Å². The fourth-order valence-electron chi connectivity index (χ4n) is 1.33. The number of rotatable bonds is 13. The maximum absolute atomic E-state index is 11.3. The average Bonchev–Trinajstić information content (AvgIpc) is 2.38. The average molecular weight is 306 g/mol. The van der Waals surface area contributed by atoms with E-state index >= 15 is 0 Å². The second-order valence-corrected chi connectivity index (χ2v) is 5.48. The minimum Gasteiger partial charge on any atom is -0.458 e. The van der Waals surface area contributed by atoms with Crippen LogP contribution in [0.25, 0.3) is 0 Å². The molecule has 0 aliphatic rings. The second-order valence-electron chi connectivity index (χ2n) is 5.48. The zero-order valence-corrected chi connectivity index (χ0v) is 13.8. The molecule has 21 heavy (non-hydrogen) atoms. The van der Waals surface area contributed by atoms with E-state index in [0.717, 1.165) is 13.0 Å². The van der Waals surface area contributed by atoms with Crippen LogP contribution in [0.5, 0.6) is 0 Å². The molecule has 0 aliphatic carbocycles. The van der Waals surface area contributed by atoms with Gasteiger partial charge in [0.2, 0.25) is 0 Å². The Morgan fingerprint density at radius 2 is 1.19 bits per heavy atom. The van der Waals surface area contributed by atoms with E-state index in [4.69, 9.17) is 23.7 Å². The van der Waals surface area contributed by atoms with Crippen LogP contribution in [0.1, 0.15) is 34.1 Å². The number of hydrogen-bond donors (Lipinski definition) is 0. The molecule has 0 heterocycles. The van der Waals surface area contributed by atoms with Gasteiger partial charge in [-0.15, -0.1) is 0 Å². The van der Waals surface area contributed by atoms with Crippen LogP contribution in [0.4, 0.5) is 0 Å². The maximum atomic E-state index is 11.3. The number of carbonyl (C=O) groups is 1. The quantitative estimate of drug-likeness (QED) is 0.382. The molecule has 0 unspecified atom stereocenters. The van der Waals surface area contributed by atoms with Crippen molar-refractivity contribution in [3.8, 4) is 0 Å². The Hall–Kier alpha value is -0.690. The van der Waals surface area contributed by atoms with Crippen LogP contribution in [-0.2, 0) is 28.5 Å². The van der Waals surface area contributed by atoms with E-state index < -0.39 is 5.60 Å². The lowest BCUT2D eigenvalue weighted by Crippen LogP contribution is -2.27. The van der Waals surface area contributed by atoms with Gasteiger partial charge in [-0.1, -0.05) is 6.92 Å². The first kappa shape index (κ1) is 20.3. The fraction of sp³-hybridized carbons (Fsp3) is 0.933. The Bertz CT molecular complexity index is 249. The van der Waals surface area contributed by atoms with Gasteiger partial charge in [0.15, 0.2) is 0 Å². The van der Waals surface area contributed by atoms with Crippen molar-refractivity contribution in [2.24, 2.45) is 0 Å². The van der Waals surface area contributed by atoms with E-state index in [2.05, 4.69) is 6.92 Å². The molecular formula is C15H30O6. The van der Waals surface area contributed by atoms with Gasteiger partial charge in [-0.3, -0.25) is 0 Å². The van der Waals surface area contributed by atoms with Crippen LogP contribution in [0, 0.1) is 0 Å². The summed E-state index contributed by atoms with van der Waals surface area (Å²) in [5.74, 6) is -0.363. The summed E-state index contributed by atoms with van der Waals surface area (Å²) in [5.41, 5.74) is -0.477. The fourth-order valence-corrected chi connectivity index (χ4v) is 1.33. The predicted molar refractivity (Wildman–Crippen MR) is 79.4 cm³/mol. The van der Waals surface area contributed by atoms with Gasteiger partial charge < -0.3 is 23.7 Å². The van der Waals surface area contributed by atoms with Gasteiger partial charge in [-0.25, -0.2) is 4.79 Å². The van der Waals surface area contributed by atoms with E-state index in [0.29, 0.717) is 39.6 Å². The number of hydrogen-bond acceptors (Lipinski definition) is 6. The molecule has 0 rings (SSSR count). The van der Waals surface area contributed by atoms with E-state index in [-0.39, 0.29) is 12.6 Å². The van der Waals surface area contributed by atoms with Crippen molar-refractivity contribution in [3.63, 3.8) is 0 Å². The van der Waals surface area contributed by atoms with E-state index in [9.17, 15) is 4.79 Å². The molecular weight excluding hydrogens is 276 g/mol. The first-order valence-electron chi connectivity index (χ1n) is 7.48. The van der Waals surface area contributed by atoms with Crippen LogP contribution in [-0.4, -0.2) is 64.4 Å². The first-order valence-corrected chi connectivity index (χ1v) is 7.48. The molecule has 0 radical (unpaired) electrons. The number of esters is 1. The third-order valence-electron chi connectivity index (χ3n) is 2.10. The minimum atomic E-state index is -0.477. The van der Waals surface area contributed by atoms with Crippen LogP contribution in [0.2, 0.25) is 0 Å². The molecule has 0 aromatic carbocycles. The zero-order valence-electron chi connectivity index (χ0n) is 13.8. The van der Waals surface area contributed by atoms with Crippen molar-refractivity contribution in [2.45, 2.75) is 39.7 Å². The molecule has 0 fully saturated rings. The van der Waals surface area contributed by atoms with Crippen molar-refractivity contribution >= 4 is 5.97 Å². The first-order chi connectivity index (χ1) is 9.95. The highest BCUT2D eigenvalue weighted by Crippen LogP contribution is 2.06. The van der Waals surface area contributed by atoms with Gasteiger partial charge in [-0.05, 0) is 27.2 Å². The molecule has 0 bridgehead atoms. The third-order valence-corrected chi connectivity index (χ3v) is 2.10. The van der Waals surface area contributed by atoms with Crippen LogP contribution < -0.4 is 0 Å². The summed E-state index contributed by atoms with van der Waals surface area (Å²) in [5, 5.41) is 0. The summed E-state index contributed by atoms with van der Waals surface area (Å²) in [6.07, 6.45) is 1.02. The molecule has 0 aromatic rings. The highest BCUT2D eigenvalue weighted by atomic mass is 16.6. The van der Waals surface area contributed by atoms with Crippen molar-refractivity contribution in [3.05, 3.63) is 0 Å². The van der Waals surface area contributed by atoms with Gasteiger partial charge in [-0.2, -0.15) is 0 Å². The van der Waals surface area contributed by atoms with Gasteiger partial charge in [0.1, 0.15) is 12.2 Å². The lowest BCUT2D eigenvalue weighted by molar-refractivity contribution is -0.160. The molecule has 0 saturated carbocycles. The van der Waals surface area contributed by atoms with E-state index in [1.54, 1.807) is 0 Å². The minimum absolute atomic E-state index is 0.0497. The summed E-state index contributed by atoms with van der Waals surface area (Å²) < 4.78 is 26.1. The largest absolute Gasteiger partial charge is 0.458 e. The molecule has 6 nitrogen and oxygen atoms in total. The molecule has 0 amide bonds. The summed E-state index contributed by atoms with van der Waals surface area (Å²) in [4.78, 5) is 11.3. The van der Waals surface area contributed by atoms with Crippen molar-refractivity contribution in [2.75, 3.05) is 52.9 Å². The van der Waals surface area contributed by atoms with E-state index in [1.807, 2.05) is 20.8 Å². The SMILES string of the molecule is CCCOCCOCCOCCOCC(=O)OC(C)(C)C. The second kappa shape index (κ2) is 13.0. The van der Waals surface area contributed by atoms with Gasteiger partial charge >= 0.3 is 5.97 Å². The topological polar surface area (TPSA) is 63.2 Å². The standard InChI is InChI=1S/C15H30O6/c1-5-6-17-7-8-18-9-10-19-11-12-20-13-14(16)21-15(2,3)4/h5-13H2,1-4H3. The Labute approximate surface area is 128 Å². The highest BCUT2D eigenvalue weighted by molar-refractivity contribution is 5.71. The van der Waals surface area contributed by atoms with Crippen LogP contribution in [0.15, 0.2) is 0 Å². The smallest absolute Gasteiger partial charge is 0.332 e. The van der Waals surface area contributed by atoms with Gasteiger partial charge in [0, 0.05) is 6.61 Å². The predicted octanol–water partition coefficient (Wildman–Crippen LogP) is 1.80. The lowest BCUT2D eigenvalue weighted by atomic mass is 10.2. The summed E-state index contributed by atoms with van der Waals surface area (Å²) in [6.45, 7) is 11.3. The Morgan fingerprint density at radius 3 is 1.62 bits per heavy atom. The molecule has 126 valence electrons. The highest BCUT2D eigenvalue weighted by Gasteiger charge is 2.15. The lowest BCUT2D eigenvalue weighted by Gasteiger charge is -2.19. The maximum Gasteiger partial charge on any atom is 0.332 e. The number of ether oxygens (including phenoxy) is 5. The van der Waals surface area contributed by atoms with Crippen LogP contribution >= 0.6 is 0 Å². The summed E-state index contributed by atoms with van der Waals surface area (Å²) in [6, 6.07) is 0. The van der Waals surface area contributed by atoms with Crippen molar-refractivity contribution in [1.82, 2.24) is 0 Å². The normalized spacial score (nSPS) is 11.6. The molecule has 0 N–H and O–H groups in total. The van der Waals surface area contributed by atoms with Crippen molar-refractivity contribution in [1.29, 1.82) is 0 Å². The van der Waals surface area contributed by atoms with Gasteiger partial charge in [0.25, 0.3) is 0 Å². The Kier molecular flexibility index (Phi) is 12.6. The number of carbonyl (C=O) groups excluding carboxylic acids is 1. The third kappa shape index (κ3) is 17.3. The van der Waals surface area contributed by atoms with Crippen LogP contribution in [0.3, 0.4) is 0 Å². The molecule has 6 heteroatoms. The molecule has 0 aliphatic heterocycles. The monoisotopic (exact) mass is 306 g/mol. The molecule has 0 saturated heterocycles. The van der Waals surface area contributed by atoms with Gasteiger partial charge in [0.05, 0.1) is 39.6 Å². The summed E-state index contributed by atoms with van der Waals surface area (Å²) >= 11 is 0.